The number of rotatable bonds is 4. The third kappa shape index (κ3) is 4.35. The van der Waals surface area contributed by atoms with Crippen molar-refractivity contribution >= 4 is 47.5 Å². The minimum atomic E-state index is 0.725. The second-order valence-corrected chi connectivity index (χ2v) is 6.01. The van der Waals surface area contributed by atoms with Crippen molar-refractivity contribution in [2.75, 3.05) is 0 Å². The molecule has 0 radical (unpaired) electrons. The van der Waals surface area contributed by atoms with E-state index in [1.807, 2.05) is 91.0 Å². The lowest BCUT2D eigenvalue weighted by atomic mass is 10.1. The van der Waals surface area contributed by atoms with Crippen LogP contribution in [0.15, 0.2) is 66.7 Å². The van der Waals surface area contributed by atoms with Gasteiger partial charge in [-0.15, -0.1) is 0 Å². The van der Waals surface area contributed by atoms with Crippen LogP contribution < -0.4 is 0 Å². The fourth-order valence-electron chi connectivity index (χ4n) is 2.23. The molecule has 118 valence electrons. The SMILES string of the molecule is Clc1ccccc1C=Cc1cccc(C=Cc2ccccc2Cl)n1. The molecule has 0 bridgehead atoms. The van der Waals surface area contributed by atoms with Gasteiger partial charge in [0.05, 0.1) is 11.4 Å². The number of aromatic nitrogens is 1. The van der Waals surface area contributed by atoms with Crippen molar-refractivity contribution in [2.45, 2.75) is 0 Å². The molecule has 1 heterocycles. The molecule has 0 aliphatic carbocycles. The Hall–Kier alpha value is -2.35. The zero-order valence-corrected chi connectivity index (χ0v) is 14.4. The lowest BCUT2D eigenvalue weighted by Gasteiger charge is -1.99. The van der Waals surface area contributed by atoms with Gasteiger partial charge in [-0.05, 0) is 47.5 Å². The van der Waals surface area contributed by atoms with Crippen LogP contribution >= 0.6 is 23.2 Å². The van der Waals surface area contributed by atoms with E-state index in [0.29, 0.717) is 0 Å². The Balaban J connectivity index is 1.80. The molecule has 0 spiro atoms. The maximum Gasteiger partial charge on any atom is 0.0637 e. The zero-order valence-electron chi connectivity index (χ0n) is 12.9. The molecule has 1 aromatic heterocycles. The summed E-state index contributed by atoms with van der Waals surface area (Å²) in [7, 11) is 0. The van der Waals surface area contributed by atoms with E-state index in [-0.39, 0.29) is 0 Å². The van der Waals surface area contributed by atoms with Crippen LogP contribution in [0.3, 0.4) is 0 Å². The molecular weight excluding hydrogens is 337 g/mol. The molecule has 3 heteroatoms. The van der Waals surface area contributed by atoms with E-state index in [9.17, 15) is 0 Å². The lowest BCUT2D eigenvalue weighted by Crippen LogP contribution is -1.84. The smallest absolute Gasteiger partial charge is 0.0637 e. The van der Waals surface area contributed by atoms with E-state index in [1.165, 1.54) is 0 Å². The van der Waals surface area contributed by atoms with Crippen LogP contribution in [0.2, 0.25) is 10.0 Å². The first-order chi connectivity index (χ1) is 11.7. The molecule has 0 aliphatic heterocycles. The topological polar surface area (TPSA) is 12.9 Å². The van der Waals surface area contributed by atoms with E-state index in [2.05, 4.69) is 4.98 Å². The number of hydrogen-bond acceptors (Lipinski definition) is 1. The van der Waals surface area contributed by atoms with E-state index in [0.717, 1.165) is 32.6 Å². The second-order valence-electron chi connectivity index (χ2n) is 5.20. The molecule has 0 atom stereocenters. The Kier molecular flexibility index (Phi) is 5.47. The summed E-state index contributed by atoms with van der Waals surface area (Å²) in [6.45, 7) is 0. The second kappa shape index (κ2) is 7.96. The van der Waals surface area contributed by atoms with Crippen molar-refractivity contribution in [3.63, 3.8) is 0 Å². The Morgan fingerprint density at radius 3 is 1.46 bits per heavy atom. The van der Waals surface area contributed by atoms with Crippen LogP contribution in [0.1, 0.15) is 22.5 Å². The number of pyridine rings is 1. The van der Waals surface area contributed by atoms with Crippen LogP contribution in [-0.4, -0.2) is 4.98 Å². The van der Waals surface area contributed by atoms with Crippen molar-refractivity contribution in [3.8, 4) is 0 Å². The summed E-state index contributed by atoms with van der Waals surface area (Å²) in [4.78, 5) is 4.60. The number of nitrogens with zero attached hydrogens (tertiary/aromatic N) is 1. The predicted octanol–water partition coefficient (Wildman–Crippen LogP) is 6.73. The molecule has 0 amide bonds. The monoisotopic (exact) mass is 351 g/mol. The summed E-state index contributed by atoms with van der Waals surface area (Å²) in [5, 5.41) is 1.45. The first-order valence-electron chi connectivity index (χ1n) is 7.55. The maximum absolute atomic E-state index is 6.16. The highest BCUT2D eigenvalue weighted by Crippen LogP contribution is 2.19. The Morgan fingerprint density at radius 1 is 0.542 bits per heavy atom. The van der Waals surface area contributed by atoms with Gasteiger partial charge in [0.15, 0.2) is 0 Å². The fourth-order valence-corrected chi connectivity index (χ4v) is 2.62. The van der Waals surface area contributed by atoms with E-state index >= 15 is 0 Å². The summed E-state index contributed by atoms with van der Waals surface area (Å²) in [5.41, 5.74) is 3.68. The van der Waals surface area contributed by atoms with E-state index in [4.69, 9.17) is 23.2 Å². The van der Waals surface area contributed by atoms with Crippen LogP contribution in [0.4, 0.5) is 0 Å². The highest BCUT2D eigenvalue weighted by atomic mass is 35.5. The standard InChI is InChI=1S/C21H15Cl2N/c22-20-10-3-1-6-16(20)12-14-18-8-5-9-19(24-18)15-13-17-7-2-4-11-21(17)23/h1-15H. The molecule has 0 saturated carbocycles. The third-order valence-electron chi connectivity index (χ3n) is 3.47. The van der Waals surface area contributed by atoms with Crippen molar-refractivity contribution in [3.05, 3.63) is 99.3 Å². The molecule has 0 aliphatic rings. The average Bonchev–Trinajstić information content (AvgIpc) is 2.61. The van der Waals surface area contributed by atoms with Gasteiger partial charge in [0.2, 0.25) is 0 Å². The number of halogens is 2. The zero-order chi connectivity index (χ0) is 16.8. The summed E-state index contributed by atoms with van der Waals surface area (Å²) in [5.74, 6) is 0. The van der Waals surface area contributed by atoms with Gasteiger partial charge in [-0.1, -0.05) is 77.8 Å². The van der Waals surface area contributed by atoms with Crippen molar-refractivity contribution in [1.29, 1.82) is 0 Å². The van der Waals surface area contributed by atoms with Gasteiger partial charge in [0.1, 0.15) is 0 Å². The van der Waals surface area contributed by atoms with Crippen LogP contribution in [0.25, 0.3) is 24.3 Å². The highest BCUT2D eigenvalue weighted by molar-refractivity contribution is 6.32. The summed E-state index contributed by atoms with van der Waals surface area (Å²) in [6.07, 6.45) is 7.83. The molecule has 2 aromatic carbocycles. The molecule has 0 N–H and O–H groups in total. The van der Waals surface area contributed by atoms with Gasteiger partial charge >= 0.3 is 0 Å². The molecule has 3 aromatic rings. The first-order valence-corrected chi connectivity index (χ1v) is 8.30. The molecular formula is C21H15Cl2N. The van der Waals surface area contributed by atoms with Crippen molar-refractivity contribution in [1.82, 2.24) is 4.98 Å². The number of hydrogen-bond donors (Lipinski definition) is 0. The predicted molar refractivity (Wildman–Crippen MR) is 105 cm³/mol. The van der Waals surface area contributed by atoms with Gasteiger partial charge in [0, 0.05) is 10.0 Å². The van der Waals surface area contributed by atoms with Crippen molar-refractivity contribution < 1.29 is 0 Å². The minimum Gasteiger partial charge on any atom is -0.249 e. The summed E-state index contributed by atoms with van der Waals surface area (Å²) >= 11 is 12.3. The molecule has 3 rings (SSSR count). The van der Waals surface area contributed by atoms with Crippen LogP contribution in [0.5, 0.6) is 0 Å². The quantitative estimate of drug-likeness (QED) is 0.507. The Morgan fingerprint density at radius 2 is 1.00 bits per heavy atom. The van der Waals surface area contributed by atoms with Gasteiger partial charge in [-0.2, -0.15) is 0 Å². The number of benzene rings is 2. The normalized spacial score (nSPS) is 11.4. The van der Waals surface area contributed by atoms with Gasteiger partial charge in [-0.3, -0.25) is 0 Å². The van der Waals surface area contributed by atoms with Gasteiger partial charge in [-0.25, -0.2) is 4.98 Å². The minimum absolute atomic E-state index is 0.725. The van der Waals surface area contributed by atoms with E-state index in [1.54, 1.807) is 0 Å². The molecule has 0 unspecified atom stereocenters. The largest absolute Gasteiger partial charge is 0.249 e. The van der Waals surface area contributed by atoms with Gasteiger partial charge < -0.3 is 0 Å². The Labute approximate surface area is 151 Å². The first kappa shape index (κ1) is 16.5. The van der Waals surface area contributed by atoms with Crippen LogP contribution in [-0.2, 0) is 0 Å². The summed E-state index contributed by atoms with van der Waals surface area (Å²) < 4.78 is 0. The molecule has 0 fully saturated rings. The highest BCUT2D eigenvalue weighted by Gasteiger charge is 1.97. The average molecular weight is 352 g/mol. The maximum atomic E-state index is 6.16. The summed E-state index contributed by atoms with van der Waals surface area (Å²) in [6, 6.07) is 21.3. The fraction of sp³-hybridized carbons (Fsp3) is 0. The van der Waals surface area contributed by atoms with E-state index < -0.39 is 0 Å². The molecule has 1 nitrogen and oxygen atoms in total. The molecule has 0 saturated heterocycles. The third-order valence-corrected chi connectivity index (χ3v) is 4.16. The molecule has 24 heavy (non-hydrogen) atoms. The lowest BCUT2D eigenvalue weighted by molar-refractivity contribution is 1.27. The van der Waals surface area contributed by atoms with Gasteiger partial charge in [0.25, 0.3) is 0 Å². The van der Waals surface area contributed by atoms with Crippen LogP contribution in [0, 0.1) is 0 Å². The Bertz CT molecular complexity index is 827. The van der Waals surface area contributed by atoms with Crippen molar-refractivity contribution in [2.24, 2.45) is 0 Å².